The molecule has 0 fully saturated rings. The van der Waals surface area contributed by atoms with E-state index in [0.29, 0.717) is 18.8 Å². The Kier molecular flexibility index (Phi) is 4.45. The maximum Gasteiger partial charge on any atom is 0.323 e. The third-order valence-corrected chi connectivity index (χ3v) is 3.07. The number of nitrogens with one attached hydrogen (secondary N) is 1. The van der Waals surface area contributed by atoms with Gasteiger partial charge in [0.05, 0.1) is 6.04 Å². The van der Waals surface area contributed by atoms with Gasteiger partial charge in [-0.25, -0.2) is 9.67 Å². The maximum atomic E-state index is 11.4. The topological polar surface area (TPSA) is 80.0 Å². The van der Waals surface area contributed by atoms with Crippen molar-refractivity contribution in [2.45, 2.75) is 52.6 Å². The summed E-state index contributed by atoms with van der Waals surface area (Å²) in [4.78, 5) is 15.6. The summed E-state index contributed by atoms with van der Waals surface area (Å²) < 4.78 is 1.79. The average molecular weight is 254 g/mol. The van der Waals surface area contributed by atoms with Gasteiger partial charge in [-0.3, -0.25) is 4.79 Å². The van der Waals surface area contributed by atoms with E-state index in [4.69, 9.17) is 0 Å². The first-order valence-corrected chi connectivity index (χ1v) is 6.18. The van der Waals surface area contributed by atoms with Crippen LogP contribution in [0.3, 0.4) is 0 Å². The van der Waals surface area contributed by atoms with E-state index in [1.165, 1.54) is 0 Å². The van der Waals surface area contributed by atoms with E-state index in [1.54, 1.807) is 11.6 Å². The maximum absolute atomic E-state index is 11.4. The zero-order valence-corrected chi connectivity index (χ0v) is 11.7. The largest absolute Gasteiger partial charge is 0.480 e. The molecule has 0 aliphatic heterocycles. The number of nitrogens with zero attached hydrogens (tertiary/aromatic N) is 3. The molecule has 102 valence electrons. The fraction of sp³-hybridized carbons (Fsp3) is 0.750. The van der Waals surface area contributed by atoms with Gasteiger partial charge in [-0.15, -0.1) is 0 Å². The summed E-state index contributed by atoms with van der Waals surface area (Å²) in [6.07, 6.45) is 0.458. The first kappa shape index (κ1) is 14.6. The molecule has 0 saturated heterocycles. The minimum Gasteiger partial charge on any atom is -0.480 e. The van der Waals surface area contributed by atoms with Crippen LogP contribution in [0.2, 0.25) is 0 Å². The van der Waals surface area contributed by atoms with Crippen LogP contribution < -0.4 is 5.32 Å². The lowest BCUT2D eigenvalue weighted by Gasteiger charge is -2.29. The number of hydrogen-bond donors (Lipinski definition) is 2. The molecule has 18 heavy (non-hydrogen) atoms. The standard InChI is InChI=1S/C12H22N4O2/c1-6-13-12(5,11(17)18)7-8(2)16-10(4)14-9(3)15-16/h8,13H,6-7H2,1-5H3,(H,17,18). The third kappa shape index (κ3) is 3.07. The molecule has 2 atom stereocenters. The summed E-state index contributed by atoms with van der Waals surface area (Å²) in [5, 5.41) is 16.6. The van der Waals surface area contributed by atoms with Gasteiger partial charge in [0.15, 0.2) is 0 Å². The quantitative estimate of drug-likeness (QED) is 0.799. The average Bonchev–Trinajstić information content (AvgIpc) is 2.57. The van der Waals surface area contributed by atoms with Crippen LogP contribution in [0.15, 0.2) is 0 Å². The molecule has 1 rings (SSSR count). The molecule has 0 aliphatic carbocycles. The molecular formula is C12H22N4O2. The Labute approximate surface area is 107 Å². The molecule has 1 heterocycles. The fourth-order valence-corrected chi connectivity index (χ4v) is 2.26. The van der Waals surface area contributed by atoms with Gasteiger partial charge < -0.3 is 10.4 Å². The molecular weight excluding hydrogens is 232 g/mol. The molecule has 2 unspecified atom stereocenters. The van der Waals surface area contributed by atoms with Gasteiger partial charge in [-0.05, 0) is 40.7 Å². The molecule has 6 heteroatoms. The van der Waals surface area contributed by atoms with E-state index in [1.807, 2.05) is 27.7 Å². The Morgan fingerprint density at radius 3 is 2.56 bits per heavy atom. The predicted molar refractivity (Wildman–Crippen MR) is 68.5 cm³/mol. The molecule has 2 N–H and O–H groups in total. The summed E-state index contributed by atoms with van der Waals surface area (Å²) in [7, 11) is 0. The number of aliphatic carboxylic acids is 1. The van der Waals surface area contributed by atoms with Gasteiger partial charge in [0.25, 0.3) is 0 Å². The first-order chi connectivity index (χ1) is 8.30. The SMILES string of the molecule is CCNC(C)(CC(C)n1nc(C)nc1C)C(=O)O. The molecule has 0 radical (unpaired) electrons. The highest BCUT2D eigenvalue weighted by Gasteiger charge is 2.34. The van der Waals surface area contributed by atoms with Crippen LogP contribution in [-0.4, -0.2) is 37.9 Å². The van der Waals surface area contributed by atoms with Crippen molar-refractivity contribution < 1.29 is 9.90 Å². The molecule has 1 aromatic rings. The van der Waals surface area contributed by atoms with E-state index in [0.717, 1.165) is 5.82 Å². The highest BCUT2D eigenvalue weighted by Crippen LogP contribution is 2.21. The van der Waals surface area contributed by atoms with Crippen molar-refractivity contribution in [3.05, 3.63) is 11.6 Å². The van der Waals surface area contributed by atoms with Gasteiger partial charge in [-0.2, -0.15) is 5.10 Å². The molecule has 0 aliphatic rings. The molecule has 6 nitrogen and oxygen atoms in total. The minimum atomic E-state index is -0.944. The second-order valence-corrected chi connectivity index (χ2v) is 4.87. The second kappa shape index (κ2) is 5.48. The third-order valence-electron chi connectivity index (χ3n) is 3.07. The van der Waals surface area contributed by atoms with E-state index >= 15 is 0 Å². The number of aryl methyl sites for hydroxylation is 2. The number of hydrogen-bond acceptors (Lipinski definition) is 4. The summed E-state index contributed by atoms with van der Waals surface area (Å²) in [6, 6.07) is -0.0219. The summed E-state index contributed by atoms with van der Waals surface area (Å²) in [6.45, 7) is 9.88. The molecule has 0 saturated carbocycles. The fourth-order valence-electron chi connectivity index (χ4n) is 2.26. The Morgan fingerprint density at radius 1 is 1.56 bits per heavy atom. The van der Waals surface area contributed by atoms with Crippen LogP contribution >= 0.6 is 0 Å². The van der Waals surface area contributed by atoms with Gasteiger partial charge in [0.1, 0.15) is 17.2 Å². The van der Waals surface area contributed by atoms with Crippen LogP contribution in [0.1, 0.15) is 44.9 Å². The lowest BCUT2D eigenvalue weighted by atomic mass is 9.93. The summed E-state index contributed by atoms with van der Waals surface area (Å²) in [5.74, 6) is 0.676. The van der Waals surface area contributed by atoms with Gasteiger partial charge in [0.2, 0.25) is 0 Å². The van der Waals surface area contributed by atoms with E-state index in [9.17, 15) is 9.90 Å². The summed E-state index contributed by atoms with van der Waals surface area (Å²) >= 11 is 0. The van der Waals surface area contributed by atoms with Crippen molar-refractivity contribution >= 4 is 5.97 Å². The van der Waals surface area contributed by atoms with Crippen molar-refractivity contribution in [1.82, 2.24) is 20.1 Å². The zero-order valence-electron chi connectivity index (χ0n) is 11.7. The Bertz CT molecular complexity index is 430. The number of carbonyl (C=O) groups is 1. The second-order valence-electron chi connectivity index (χ2n) is 4.87. The molecule has 1 aromatic heterocycles. The molecule has 0 bridgehead atoms. The van der Waals surface area contributed by atoms with Gasteiger partial charge in [0, 0.05) is 0 Å². The monoisotopic (exact) mass is 254 g/mol. The van der Waals surface area contributed by atoms with E-state index in [2.05, 4.69) is 15.4 Å². The Balaban J connectivity index is 2.88. The predicted octanol–water partition coefficient (Wildman–Crippen LogP) is 1.30. The van der Waals surface area contributed by atoms with Crippen molar-refractivity contribution in [2.75, 3.05) is 6.54 Å². The summed E-state index contributed by atoms with van der Waals surface area (Å²) in [5.41, 5.74) is -0.944. The number of rotatable bonds is 6. The number of aromatic nitrogens is 3. The van der Waals surface area contributed by atoms with Crippen LogP contribution in [-0.2, 0) is 4.79 Å². The normalized spacial score (nSPS) is 16.3. The van der Waals surface area contributed by atoms with Gasteiger partial charge in [-0.1, -0.05) is 6.92 Å². The lowest BCUT2D eigenvalue weighted by Crippen LogP contribution is -2.50. The number of carboxylic acids is 1. The zero-order chi connectivity index (χ0) is 13.9. The van der Waals surface area contributed by atoms with Crippen LogP contribution in [0, 0.1) is 13.8 Å². The van der Waals surface area contributed by atoms with Gasteiger partial charge >= 0.3 is 5.97 Å². The van der Waals surface area contributed by atoms with Crippen LogP contribution in [0.4, 0.5) is 0 Å². The molecule has 0 spiro atoms. The van der Waals surface area contributed by atoms with E-state index < -0.39 is 11.5 Å². The highest BCUT2D eigenvalue weighted by atomic mass is 16.4. The number of likely N-dealkylation sites (N-methyl/N-ethyl adjacent to an activating group) is 1. The van der Waals surface area contributed by atoms with E-state index in [-0.39, 0.29) is 6.04 Å². The van der Waals surface area contributed by atoms with Crippen LogP contribution in [0.5, 0.6) is 0 Å². The molecule has 0 amide bonds. The smallest absolute Gasteiger partial charge is 0.323 e. The Hall–Kier alpha value is -1.43. The van der Waals surface area contributed by atoms with Crippen molar-refractivity contribution in [1.29, 1.82) is 0 Å². The first-order valence-electron chi connectivity index (χ1n) is 6.18. The number of carboxylic acid groups (broad SMARTS) is 1. The van der Waals surface area contributed by atoms with Crippen molar-refractivity contribution in [2.24, 2.45) is 0 Å². The molecule has 0 aromatic carbocycles. The highest BCUT2D eigenvalue weighted by molar-refractivity contribution is 5.78. The lowest BCUT2D eigenvalue weighted by molar-refractivity contribution is -0.144. The Morgan fingerprint density at radius 2 is 2.17 bits per heavy atom. The van der Waals surface area contributed by atoms with Crippen molar-refractivity contribution in [3.8, 4) is 0 Å². The van der Waals surface area contributed by atoms with Crippen LogP contribution in [0.25, 0.3) is 0 Å². The minimum absolute atomic E-state index is 0.0219. The van der Waals surface area contributed by atoms with Crippen molar-refractivity contribution in [3.63, 3.8) is 0 Å².